The van der Waals surface area contributed by atoms with Gasteiger partial charge in [-0.05, 0) is 31.2 Å². The highest BCUT2D eigenvalue weighted by Gasteiger charge is 2.37. The van der Waals surface area contributed by atoms with E-state index in [2.05, 4.69) is 36.6 Å². The number of rotatable bonds is 4. The lowest BCUT2D eigenvalue weighted by Crippen LogP contribution is -2.44. The van der Waals surface area contributed by atoms with Crippen molar-refractivity contribution in [1.29, 1.82) is 0 Å². The highest BCUT2D eigenvalue weighted by atomic mass is 32.1. The van der Waals surface area contributed by atoms with Gasteiger partial charge in [-0.25, -0.2) is 4.98 Å². The smallest absolute Gasteiger partial charge is 0.0940 e. The standard InChI is InChI=1S/C14H24N2S/c1-14(2)7-5-4-6-11(14)12(15-3)10-13-16-8-9-17-13/h8-9,11-12,15H,4-7,10H2,1-3H3. The van der Waals surface area contributed by atoms with E-state index in [-0.39, 0.29) is 0 Å². The number of nitrogens with zero attached hydrogens (tertiary/aromatic N) is 1. The summed E-state index contributed by atoms with van der Waals surface area (Å²) in [6, 6.07) is 0.580. The normalized spacial score (nSPS) is 25.7. The summed E-state index contributed by atoms with van der Waals surface area (Å²) in [4.78, 5) is 4.43. The van der Waals surface area contributed by atoms with Crippen LogP contribution in [0.1, 0.15) is 44.5 Å². The van der Waals surface area contributed by atoms with Crippen LogP contribution in [0.25, 0.3) is 0 Å². The molecule has 2 atom stereocenters. The molecular formula is C14H24N2S. The molecule has 1 saturated carbocycles. The van der Waals surface area contributed by atoms with Gasteiger partial charge in [0.15, 0.2) is 0 Å². The van der Waals surface area contributed by atoms with Crippen molar-refractivity contribution in [2.24, 2.45) is 11.3 Å². The minimum Gasteiger partial charge on any atom is -0.316 e. The highest BCUT2D eigenvalue weighted by Crippen LogP contribution is 2.42. The molecule has 2 unspecified atom stereocenters. The molecule has 3 heteroatoms. The molecule has 0 saturated heterocycles. The Kier molecular flexibility index (Phi) is 4.21. The summed E-state index contributed by atoms with van der Waals surface area (Å²) in [5.74, 6) is 0.783. The summed E-state index contributed by atoms with van der Waals surface area (Å²) < 4.78 is 0. The third kappa shape index (κ3) is 3.08. The van der Waals surface area contributed by atoms with E-state index in [9.17, 15) is 0 Å². The van der Waals surface area contributed by atoms with Crippen LogP contribution in [-0.4, -0.2) is 18.1 Å². The average molecular weight is 252 g/mol. The Morgan fingerprint density at radius 1 is 1.53 bits per heavy atom. The van der Waals surface area contributed by atoms with Crippen LogP contribution in [0.15, 0.2) is 11.6 Å². The lowest BCUT2D eigenvalue weighted by Gasteiger charge is -2.43. The van der Waals surface area contributed by atoms with Gasteiger partial charge >= 0.3 is 0 Å². The SMILES string of the molecule is CNC(Cc1nccs1)C1CCCCC1(C)C. The average Bonchev–Trinajstić information content (AvgIpc) is 2.79. The van der Waals surface area contributed by atoms with Crippen LogP contribution in [0.3, 0.4) is 0 Å². The van der Waals surface area contributed by atoms with Gasteiger partial charge in [-0.1, -0.05) is 26.7 Å². The maximum absolute atomic E-state index is 4.43. The third-order valence-electron chi connectivity index (χ3n) is 4.32. The Balaban J connectivity index is 2.06. The quantitative estimate of drug-likeness (QED) is 0.887. The number of hydrogen-bond donors (Lipinski definition) is 1. The molecule has 1 aliphatic rings. The molecule has 2 nitrogen and oxygen atoms in total. The molecule has 0 amide bonds. The molecule has 96 valence electrons. The first-order valence-corrected chi connectivity index (χ1v) is 7.57. The lowest BCUT2D eigenvalue weighted by atomic mass is 9.65. The minimum absolute atomic E-state index is 0.475. The molecule has 1 aromatic rings. The number of thiazole rings is 1. The predicted octanol–water partition coefficient (Wildman–Crippen LogP) is 3.49. The van der Waals surface area contributed by atoms with E-state index in [1.54, 1.807) is 11.3 Å². The molecule has 1 aromatic heterocycles. The van der Waals surface area contributed by atoms with Crippen molar-refractivity contribution in [1.82, 2.24) is 10.3 Å². The molecular weight excluding hydrogens is 228 g/mol. The van der Waals surface area contributed by atoms with Crippen LogP contribution in [0.4, 0.5) is 0 Å². The molecule has 1 aliphatic carbocycles. The monoisotopic (exact) mass is 252 g/mol. The number of likely N-dealkylation sites (N-methyl/N-ethyl adjacent to an activating group) is 1. The minimum atomic E-state index is 0.475. The van der Waals surface area contributed by atoms with E-state index in [0.717, 1.165) is 12.3 Å². The van der Waals surface area contributed by atoms with Crippen LogP contribution in [0.2, 0.25) is 0 Å². The number of hydrogen-bond acceptors (Lipinski definition) is 3. The third-order valence-corrected chi connectivity index (χ3v) is 5.13. The van der Waals surface area contributed by atoms with Crippen LogP contribution in [0.5, 0.6) is 0 Å². The van der Waals surface area contributed by atoms with Gasteiger partial charge in [-0.2, -0.15) is 0 Å². The summed E-state index contributed by atoms with van der Waals surface area (Å²) in [5.41, 5.74) is 0.475. The van der Waals surface area contributed by atoms with Crippen LogP contribution >= 0.6 is 11.3 Å². The van der Waals surface area contributed by atoms with Gasteiger partial charge in [0.25, 0.3) is 0 Å². The Morgan fingerprint density at radius 2 is 2.35 bits per heavy atom. The maximum Gasteiger partial charge on any atom is 0.0940 e. The van der Waals surface area contributed by atoms with Crippen molar-refractivity contribution in [3.8, 4) is 0 Å². The largest absolute Gasteiger partial charge is 0.316 e. The van der Waals surface area contributed by atoms with E-state index >= 15 is 0 Å². The molecule has 0 radical (unpaired) electrons. The number of nitrogens with one attached hydrogen (secondary N) is 1. The molecule has 0 aliphatic heterocycles. The Bertz CT molecular complexity index is 332. The van der Waals surface area contributed by atoms with Crippen molar-refractivity contribution in [3.05, 3.63) is 16.6 Å². The lowest BCUT2D eigenvalue weighted by molar-refractivity contribution is 0.101. The summed E-state index contributed by atoms with van der Waals surface area (Å²) >= 11 is 1.78. The zero-order chi connectivity index (χ0) is 12.3. The van der Waals surface area contributed by atoms with Gasteiger partial charge in [0.05, 0.1) is 5.01 Å². The summed E-state index contributed by atoms with van der Waals surface area (Å²) in [7, 11) is 2.10. The van der Waals surface area contributed by atoms with Gasteiger partial charge in [-0.3, -0.25) is 0 Å². The van der Waals surface area contributed by atoms with E-state index in [1.165, 1.54) is 30.7 Å². The molecule has 1 N–H and O–H groups in total. The van der Waals surface area contributed by atoms with Crippen molar-refractivity contribution >= 4 is 11.3 Å². The van der Waals surface area contributed by atoms with Gasteiger partial charge in [0.2, 0.25) is 0 Å². The van der Waals surface area contributed by atoms with E-state index < -0.39 is 0 Å². The van der Waals surface area contributed by atoms with Crippen molar-refractivity contribution < 1.29 is 0 Å². The van der Waals surface area contributed by atoms with E-state index in [0.29, 0.717) is 11.5 Å². The van der Waals surface area contributed by atoms with Gasteiger partial charge < -0.3 is 5.32 Å². The van der Waals surface area contributed by atoms with Gasteiger partial charge in [0.1, 0.15) is 0 Å². The van der Waals surface area contributed by atoms with Crippen molar-refractivity contribution in [3.63, 3.8) is 0 Å². The molecule has 2 rings (SSSR count). The fraction of sp³-hybridized carbons (Fsp3) is 0.786. The fourth-order valence-electron chi connectivity index (χ4n) is 3.25. The second kappa shape index (κ2) is 5.49. The zero-order valence-electron chi connectivity index (χ0n) is 11.2. The molecule has 1 fully saturated rings. The Hall–Kier alpha value is -0.410. The van der Waals surface area contributed by atoms with Gasteiger partial charge in [-0.15, -0.1) is 11.3 Å². The predicted molar refractivity (Wildman–Crippen MR) is 74.4 cm³/mol. The summed E-state index contributed by atoms with van der Waals surface area (Å²) in [6.45, 7) is 4.87. The van der Waals surface area contributed by atoms with Crippen molar-refractivity contribution in [2.75, 3.05) is 7.05 Å². The molecule has 0 aromatic carbocycles. The second-order valence-electron chi connectivity index (χ2n) is 5.87. The first kappa shape index (κ1) is 13.0. The number of aromatic nitrogens is 1. The molecule has 0 bridgehead atoms. The first-order chi connectivity index (χ1) is 8.13. The summed E-state index contributed by atoms with van der Waals surface area (Å²) in [6.07, 6.45) is 8.53. The van der Waals surface area contributed by atoms with Crippen molar-refractivity contribution in [2.45, 2.75) is 52.0 Å². The van der Waals surface area contributed by atoms with E-state index in [1.807, 2.05) is 6.20 Å². The fourth-order valence-corrected chi connectivity index (χ4v) is 3.93. The van der Waals surface area contributed by atoms with Crippen LogP contribution in [-0.2, 0) is 6.42 Å². The second-order valence-corrected chi connectivity index (χ2v) is 6.85. The summed E-state index contributed by atoms with van der Waals surface area (Å²) in [5, 5.41) is 6.88. The van der Waals surface area contributed by atoms with Gasteiger partial charge in [0, 0.05) is 24.0 Å². The molecule has 17 heavy (non-hydrogen) atoms. The highest BCUT2D eigenvalue weighted by molar-refractivity contribution is 7.09. The first-order valence-electron chi connectivity index (χ1n) is 6.69. The maximum atomic E-state index is 4.43. The molecule has 1 heterocycles. The van der Waals surface area contributed by atoms with Crippen LogP contribution < -0.4 is 5.32 Å². The Morgan fingerprint density at radius 3 is 2.94 bits per heavy atom. The topological polar surface area (TPSA) is 24.9 Å². The Labute approximate surface area is 109 Å². The molecule has 0 spiro atoms. The zero-order valence-corrected chi connectivity index (χ0v) is 12.0. The van der Waals surface area contributed by atoms with E-state index in [4.69, 9.17) is 0 Å². The van der Waals surface area contributed by atoms with Crippen LogP contribution in [0, 0.1) is 11.3 Å².